The van der Waals surface area contributed by atoms with E-state index in [-0.39, 0.29) is 5.91 Å². The standard InChI is InChI=1S/C22H29N5OS/c1-23-22(25-18-10-13-26(14-11-18)21-5-3-15-29-21)24-16-17-6-8-19(9-7-17)27-12-2-4-20(27)28/h3,5-9,15,18H,2,4,10-14,16H2,1H3,(H2,23,24,25). The SMILES string of the molecule is CN=C(NCc1ccc(N2CCCC2=O)cc1)NC1CCN(c2cccs2)CC1. The second-order valence-corrected chi connectivity index (χ2v) is 8.52. The summed E-state index contributed by atoms with van der Waals surface area (Å²) in [7, 11) is 1.82. The van der Waals surface area contributed by atoms with E-state index >= 15 is 0 Å². The summed E-state index contributed by atoms with van der Waals surface area (Å²) in [6, 6.07) is 13.0. The van der Waals surface area contributed by atoms with Crippen molar-refractivity contribution in [3.63, 3.8) is 0 Å². The van der Waals surface area contributed by atoms with Crippen LogP contribution in [-0.4, -0.2) is 44.6 Å². The summed E-state index contributed by atoms with van der Waals surface area (Å²) in [5.41, 5.74) is 2.17. The van der Waals surface area contributed by atoms with Crippen molar-refractivity contribution in [3.05, 3.63) is 47.3 Å². The highest BCUT2D eigenvalue weighted by Crippen LogP contribution is 2.25. The summed E-state index contributed by atoms with van der Waals surface area (Å²) < 4.78 is 0. The van der Waals surface area contributed by atoms with Gasteiger partial charge in [0.1, 0.15) is 0 Å². The van der Waals surface area contributed by atoms with Gasteiger partial charge in [-0.15, -0.1) is 11.3 Å². The van der Waals surface area contributed by atoms with E-state index in [1.807, 2.05) is 35.4 Å². The van der Waals surface area contributed by atoms with Crippen molar-refractivity contribution < 1.29 is 4.79 Å². The highest BCUT2D eigenvalue weighted by atomic mass is 32.1. The zero-order valence-electron chi connectivity index (χ0n) is 16.9. The first-order chi connectivity index (χ1) is 14.2. The Kier molecular flexibility index (Phi) is 6.34. The van der Waals surface area contributed by atoms with Gasteiger partial charge in [0.05, 0.1) is 5.00 Å². The van der Waals surface area contributed by atoms with Crippen LogP contribution in [0.1, 0.15) is 31.2 Å². The zero-order valence-corrected chi connectivity index (χ0v) is 17.8. The number of amides is 1. The van der Waals surface area contributed by atoms with Crippen LogP contribution in [0.25, 0.3) is 0 Å². The first-order valence-electron chi connectivity index (χ1n) is 10.4. The van der Waals surface area contributed by atoms with E-state index in [1.54, 1.807) is 0 Å². The second kappa shape index (κ2) is 9.31. The summed E-state index contributed by atoms with van der Waals surface area (Å²) in [5.74, 6) is 1.07. The van der Waals surface area contributed by atoms with Gasteiger partial charge in [-0.05, 0) is 54.5 Å². The predicted molar refractivity (Wildman–Crippen MR) is 121 cm³/mol. The molecule has 1 aromatic carbocycles. The van der Waals surface area contributed by atoms with Gasteiger partial charge in [-0.1, -0.05) is 12.1 Å². The molecule has 2 aliphatic heterocycles. The molecule has 3 heterocycles. The van der Waals surface area contributed by atoms with E-state index in [0.717, 1.165) is 50.5 Å². The molecule has 0 unspecified atom stereocenters. The van der Waals surface area contributed by atoms with Gasteiger partial charge in [0.15, 0.2) is 5.96 Å². The van der Waals surface area contributed by atoms with Gasteiger partial charge in [-0.2, -0.15) is 0 Å². The summed E-state index contributed by atoms with van der Waals surface area (Å²) in [5, 5.41) is 10.5. The minimum Gasteiger partial charge on any atom is -0.363 e. The van der Waals surface area contributed by atoms with E-state index in [4.69, 9.17) is 0 Å². The lowest BCUT2D eigenvalue weighted by Crippen LogP contribution is -2.48. The Hall–Kier alpha value is -2.54. The average molecular weight is 412 g/mol. The van der Waals surface area contributed by atoms with E-state index < -0.39 is 0 Å². The molecule has 1 amide bonds. The molecule has 2 N–H and O–H groups in total. The van der Waals surface area contributed by atoms with Gasteiger partial charge in [0, 0.05) is 51.4 Å². The minimum atomic E-state index is 0.227. The Balaban J connectivity index is 1.24. The second-order valence-electron chi connectivity index (χ2n) is 7.60. The van der Waals surface area contributed by atoms with Gasteiger partial charge in [0.2, 0.25) is 5.91 Å². The Bertz CT molecular complexity index is 825. The Morgan fingerprint density at radius 3 is 2.59 bits per heavy atom. The fraction of sp³-hybridized carbons (Fsp3) is 0.455. The third-order valence-electron chi connectivity index (χ3n) is 5.66. The molecule has 0 spiro atoms. The number of guanidine groups is 1. The third kappa shape index (κ3) is 4.90. The normalized spacial score (nSPS) is 18.4. The number of hydrogen-bond donors (Lipinski definition) is 2. The van der Waals surface area contributed by atoms with Crippen molar-refractivity contribution in [2.24, 2.45) is 4.99 Å². The monoisotopic (exact) mass is 411 g/mol. The number of rotatable bonds is 5. The number of carbonyl (C=O) groups excluding carboxylic acids is 1. The summed E-state index contributed by atoms with van der Waals surface area (Å²) >= 11 is 1.81. The average Bonchev–Trinajstić information content (AvgIpc) is 3.44. The molecule has 1 aromatic heterocycles. The maximum Gasteiger partial charge on any atom is 0.227 e. The van der Waals surface area contributed by atoms with Gasteiger partial charge in [-0.25, -0.2) is 0 Å². The number of benzene rings is 1. The molecule has 7 heteroatoms. The number of anilines is 2. The molecule has 0 atom stereocenters. The summed E-state index contributed by atoms with van der Waals surface area (Å²) in [6.45, 7) is 3.69. The molecule has 0 bridgehead atoms. The van der Waals surface area contributed by atoms with Crippen molar-refractivity contribution in [2.45, 2.75) is 38.3 Å². The van der Waals surface area contributed by atoms with Crippen LogP contribution in [0.3, 0.4) is 0 Å². The number of thiophene rings is 1. The Labute approximate surface area is 176 Å². The molecular formula is C22H29N5OS. The molecule has 0 aliphatic carbocycles. The van der Waals surface area contributed by atoms with Crippen LogP contribution in [0.4, 0.5) is 10.7 Å². The highest BCUT2D eigenvalue weighted by Gasteiger charge is 2.22. The molecule has 0 radical (unpaired) electrons. The van der Waals surface area contributed by atoms with Crippen LogP contribution in [0.5, 0.6) is 0 Å². The fourth-order valence-electron chi connectivity index (χ4n) is 3.98. The van der Waals surface area contributed by atoms with Crippen molar-refractivity contribution in [3.8, 4) is 0 Å². The molecule has 2 fully saturated rings. The molecule has 2 saturated heterocycles. The highest BCUT2D eigenvalue weighted by molar-refractivity contribution is 7.14. The van der Waals surface area contributed by atoms with E-state index in [2.05, 4.69) is 50.2 Å². The predicted octanol–water partition coefficient (Wildman–Crippen LogP) is 3.21. The number of carbonyl (C=O) groups is 1. The Morgan fingerprint density at radius 1 is 1.17 bits per heavy atom. The van der Waals surface area contributed by atoms with Crippen LogP contribution < -0.4 is 20.4 Å². The third-order valence-corrected chi connectivity index (χ3v) is 6.59. The lowest BCUT2D eigenvalue weighted by Gasteiger charge is -2.33. The smallest absolute Gasteiger partial charge is 0.227 e. The number of aliphatic imine (C=N–C) groups is 1. The van der Waals surface area contributed by atoms with Gasteiger partial charge >= 0.3 is 0 Å². The zero-order chi connectivity index (χ0) is 20.1. The number of piperidine rings is 1. The van der Waals surface area contributed by atoms with E-state index in [9.17, 15) is 4.79 Å². The molecular weight excluding hydrogens is 382 g/mol. The van der Waals surface area contributed by atoms with Crippen LogP contribution in [-0.2, 0) is 11.3 Å². The van der Waals surface area contributed by atoms with Crippen LogP contribution in [0, 0.1) is 0 Å². The first-order valence-corrected chi connectivity index (χ1v) is 11.3. The molecule has 2 aromatic rings. The van der Waals surface area contributed by atoms with Gasteiger partial charge in [-0.3, -0.25) is 9.79 Å². The minimum absolute atomic E-state index is 0.227. The molecule has 29 heavy (non-hydrogen) atoms. The molecule has 2 aliphatic rings. The first kappa shape index (κ1) is 19.8. The molecule has 6 nitrogen and oxygen atoms in total. The summed E-state index contributed by atoms with van der Waals surface area (Å²) in [4.78, 5) is 20.6. The van der Waals surface area contributed by atoms with Crippen molar-refractivity contribution in [2.75, 3.05) is 36.5 Å². The van der Waals surface area contributed by atoms with Crippen molar-refractivity contribution in [1.29, 1.82) is 0 Å². The Morgan fingerprint density at radius 2 is 1.97 bits per heavy atom. The molecule has 0 saturated carbocycles. The number of nitrogens with zero attached hydrogens (tertiary/aromatic N) is 3. The maximum atomic E-state index is 11.9. The van der Waals surface area contributed by atoms with E-state index in [0.29, 0.717) is 19.0 Å². The van der Waals surface area contributed by atoms with Crippen molar-refractivity contribution in [1.82, 2.24) is 10.6 Å². The maximum absolute atomic E-state index is 11.9. The quantitative estimate of drug-likeness (QED) is 0.586. The van der Waals surface area contributed by atoms with Gasteiger partial charge < -0.3 is 20.4 Å². The molecule has 154 valence electrons. The summed E-state index contributed by atoms with van der Waals surface area (Å²) in [6.07, 6.45) is 3.84. The van der Waals surface area contributed by atoms with Crippen LogP contribution >= 0.6 is 11.3 Å². The lowest BCUT2D eigenvalue weighted by molar-refractivity contribution is -0.117. The van der Waals surface area contributed by atoms with Crippen molar-refractivity contribution >= 4 is 33.9 Å². The molecule has 4 rings (SSSR count). The number of nitrogens with one attached hydrogen (secondary N) is 2. The van der Waals surface area contributed by atoms with E-state index in [1.165, 1.54) is 10.6 Å². The number of hydrogen-bond acceptors (Lipinski definition) is 4. The van der Waals surface area contributed by atoms with Gasteiger partial charge in [0.25, 0.3) is 0 Å². The van der Waals surface area contributed by atoms with Crippen LogP contribution in [0.15, 0.2) is 46.8 Å². The topological polar surface area (TPSA) is 60.0 Å². The fourth-order valence-corrected chi connectivity index (χ4v) is 4.77. The lowest BCUT2D eigenvalue weighted by atomic mass is 10.1. The van der Waals surface area contributed by atoms with Crippen LogP contribution in [0.2, 0.25) is 0 Å². The largest absolute Gasteiger partial charge is 0.363 e.